The molecule has 1 aromatic carbocycles. The first-order valence-corrected chi connectivity index (χ1v) is 7.07. The van der Waals surface area contributed by atoms with Gasteiger partial charge in [0.1, 0.15) is 0 Å². The van der Waals surface area contributed by atoms with E-state index in [9.17, 15) is 9.59 Å². The summed E-state index contributed by atoms with van der Waals surface area (Å²) in [7, 11) is 1.99. The molecule has 0 atom stereocenters. The summed E-state index contributed by atoms with van der Waals surface area (Å²) in [5.74, 6) is -0.492. The summed E-state index contributed by atoms with van der Waals surface area (Å²) in [6.07, 6.45) is 3.13. The van der Waals surface area contributed by atoms with Crippen LogP contribution < -0.4 is 10.6 Å². The molecule has 3 rings (SSSR count). The van der Waals surface area contributed by atoms with Gasteiger partial charge in [-0.1, -0.05) is 6.58 Å². The van der Waals surface area contributed by atoms with Gasteiger partial charge in [-0.05, 0) is 24.3 Å². The number of aromatic amines is 1. The van der Waals surface area contributed by atoms with Crippen LogP contribution in [0.25, 0.3) is 10.9 Å². The van der Waals surface area contributed by atoms with E-state index in [-0.39, 0.29) is 11.9 Å². The number of fused-ring (bicyclic) bond motifs is 1. The Bertz CT molecular complexity index is 759. The van der Waals surface area contributed by atoms with Gasteiger partial charge in [0.2, 0.25) is 5.91 Å². The van der Waals surface area contributed by atoms with Gasteiger partial charge in [0.05, 0.1) is 17.1 Å². The zero-order valence-corrected chi connectivity index (χ0v) is 12.4. The Morgan fingerprint density at radius 2 is 2.14 bits per heavy atom. The Kier molecular flexibility index (Phi) is 3.36. The molecule has 6 nitrogen and oxygen atoms in total. The maximum absolute atomic E-state index is 11.5. The molecule has 114 valence electrons. The number of carbonyl (C=O) groups is 2. The Morgan fingerprint density at radius 3 is 2.77 bits per heavy atom. The van der Waals surface area contributed by atoms with E-state index in [2.05, 4.69) is 16.5 Å². The van der Waals surface area contributed by atoms with E-state index in [1.807, 2.05) is 19.2 Å². The molecule has 0 aliphatic carbocycles. The number of primary amides is 1. The van der Waals surface area contributed by atoms with Crippen LogP contribution in [0.15, 0.2) is 37.1 Å². The number of H-pyrrole nitrogens is 1. The molecule has 0 radical (unpaired) electrons. The van der Waals surface area contributed by atoms with Crippen LogP contribution in [-0.4, -0.2) is 47.9 Å². The first-order valence-electron chi connectivity index (χ1n) is 7.07. The average molecular weight is 298 g/mol. The topological polar surface area (TPSA) is 82.4 Å². The van der Waals surface area contributed by atoms with E-state index in [0.717, 1.165) is 16.6 Å². The van der Waals surface area contributed by atoms with Gasteiger partial charge in [-0.15, -0.1) is 0 Å². The van der Waals surface area contributed by atoms with Crippen LogP contribution in [0, 0.1) is 0 Å². The molecule has 0 bridgehead atoms. The van der Waals surface area contributed by atoms with Gasteiger partial charge in [0.15, 0.2) is 0 Å². The molecule has 1 saturated heterocycles. The summed E-state index contributed by atoms with van der Waals surface area (Å²) in [6, 6.07) is 5.81. The molecule has 2 amide bonds. The zero-order chi connectivity index (χ0) is 15.9. The average Bonchev–Trinajstić information content (AvgIpc) is 2.93. The second-order valence-corrected chi connectivity index (χ2v) is 5.47. The largest absolute Gasteiger partial charge is 0.367 e. The standard InChI is InChI=1S/C16H18N4O2/c1-3-14(21)20-8-10(9-20)19(2)13-5-4-12(16(17)22)15-11(13)6-7-18-15/h3-7,10,18H,1,8-9H2,2H3,(H2,17,22). The van der Waals surface area contributed by atoms with Crippen molar-refractivity contribution in [1.29, 1.82) is 0 Å². The van der Waals surface area contributed by atoms with E-state index in [1.54, 1.807) is 17.2 Å². The SMILES string of the molecule is C=CC(=O)N1CC(N(C)c2ccc(C(N)=O)c3[nH]ccc23)C1. The Balaban J connectivity index is 1.87. The van der Waals surface area contributed by atoms with Crippen LogP contribution in [0.2, 0.25) is 0 Å². The quantitative estimate of drug-likeness (QED) is 0.829. The number of aromatic nitrogens is 1. The van der Waals surface area contributed by atoms with Crippen LogP contribution in [0.1, 0.15) is 10.4 Å². The number of anilines is 1. The summed E-state index contributed by atoms with van der Waals surface area (Å²) in [6.45, 7) is 4.84. The molecule has 1 aliphatic rings. The molecule has 0 saturated carbocycles. The van der Waals surface area contributed by atoms with E-state index in [4.69, 9.17) is 5.73 Å². The lowest BCUT2D eigenvalue weighted by molar-refractivity contribution is -0.130. The van der Waals surface area contributed by atoms with Crippen molar-refractivity contribution in [1.82, 2.24) is 9.88 Å². The highest BCUT2D eigenvalue weighted by Gasteiger charge is 2.33. The summed E-state index contributed by atoms with van der Waals surface area (Å²) in [5.41, 5.74) is 7.64. The van der Waals surface area contributed by atoms with E-state index >= 15 is 0 Å². The third-order valence-corrected chi connectivity index (χ3v) is 4.24. The third-order valence-electron chi connectivity index (χ3n) is 4.24. The van der Waals surface area contributed by atoms with Crippen molar-refractivity contribution >= 4 is 28.4 Å². The number of likely N-dealkylation sites (tertiary alicyclic amines) is 1. The number of hydrogen-bond donors (Lipinski definition) is 2. The minimum absolute atomic E-state index is 0.0412. The second kappa shape index (κ2) is 5.22. The molecule has 2 aromatic rings. The predicted octanol–water partition coefficient (Wildman–Crippen LogP) is 1.10. The van der Waals surface area contributed by atoms with Crippen molar-refractivity contribution in [2.45, 2.75) is 6.04 Å². The van der Waals surface area contributed by atoms with Crippen molar-refractivity contribution in [2.24, 2.45) is 5.73 Å². The number of benzene rings is 1. The van der Waals surface area contributed by atoms with Gasteiger partial charge in [-0.3, -0.25) is 9.59 Å². The van der Waals surface area contributed by atoms with E-state index in [1.165, 1.54) is 6.08 Å². The molecule has 6 heteroatoms. The molecule has 2 heterocycles. The first kappa shape index (κ1) is 14.2. The normalized spacial score (nSPS) is 14.7. The van der Waals surface area contributed by atoms with Crippen molar-refractivity contribution in [2.75, 3.05) is 25.0 Å². The summed E-state index contributed by atoms with van der Waals surface area (Å²) >= 11 is 0. The van der Waals surface area contributed by atoms with Gasteiger partial charge < -0.3 is 20.5 Å². The maximum atomic E-state index is 11.5. The van der Waals surface area contributed by atoms with Crippen LogP contribution in [0.5, 0.6) is 0 Å². The number of nitrogens with one attached hydrogen (secondary N) is 1. The number of nitrogens with zero attached hydrogens (tertiary/aromatic N) is 2. The lowest BCUT2D eigenvalue weighted by atomic mass is 10.0. The van der Waals surface area contributed by atoms with Crippen molar-refractivity contribution < 1.29 is 9.59 Å². The fraction of sp³-hybridized carbons (Fsp3) is 0.250. The molecule has 1 aliphatic heterocycles. The fourth-order valence-electron chi connectivity index (χ4n) is 2.86. The fourth-order valence-corrected chi connectivity index (χ4v) is 2.86. The Morgan fingerprint density at radius 1 is 1.41 bits per heavy atom. The summed E-state index contributed by atoms with van der Waals surface area (Å²) in [5, 5.41) is 0.951. The smallest absolute Gasteiger partial charge is 0.250 e. The molecule has 0 spiro atoms. The van der Waals surface area contributed by atoms with E-state index < -0.39 is 5.91 Å². The predicted molar refractivity (Wildman–Crippen MR) is 85.8 cm³/mol. The summed E-state index contributed by atoms with van der Waals surface area (Å²) in [4.78, 5) is 30.0. The molecule has 22 heavy (non-hydrogen) atoms. The van der Waals surface area contributed by atoms with Crippen molar-refractivity contribution in [3.8, 4) is 0 Å². The minimum atomic E-state index is -0.451. The van der Waals surface area contributed by atoms with Crippen LogP contribution in [0.3, 0.4) is 0 Å². The van der Waals surface area contributed by atoms with Gasteiger partial charge in [-0.2, -0.15) is 0 Å². The number of rotatable bonds is 4. The molecule has 1 aromatic heterocycles. The van der Waals surface area contributed by atoms with Gasteiger partial charge in [0, 0.05) is 37.4 Å². The minimum Gasteiger partial charge on any atom is -0.367 e. The number of nitrogens with two attached hydrogens (primary N) is 1. The van der Waals surface area contributed by atoms with Crippen molar-refractivity contribution in [3.05, 3.63) is 42.6 Å². The number of hydrogen-bond acceptors (Lipinski definition) is 3. The Hall–Kier alpha value is -2.76. The number of likely N-dealkylation sites (N-methyl/N-ethyl adjacent to an activating group) is 1. The van der Waals surface area contributed by atoms with E-state index in [0.29, 0.717) is 18.7 Å². The van der Waals surface area contributed by atoms with Gasteiger partial charge in [0.25, 0.3) is 5.91 Å². The molecule has 3 N–H and O–H groups in total. The third kappa shape index (κ3) is 2.13. The highest BCUT2D eigenvalue weighted by molar-refractivity contribution is 6.08. The van der Waals surface area contributed by atoms with Gasteiger partial charge >= 0.3 is 0 Å². The highest BCUT2D eigenvalue weighted by Crippen LogP contribution is 2.31. The monoisotopic (exact) mass is 298 g/mol. The molecule has 1 fully saturated rings. The van der Waals surface area contributed by atoms with Crippen LogP contribution in [-0.2, 0) is 4.79 Å². The van der Waals surface area contributed by atoms with Crippen LogP contribution >= 0.6 is 0 Å². The highest BCUT2D eigenvalue weighted by atomic mass is 16.2. The molecular formula is C16H18N4O2. The molecular weight excluding hydrogens is 280 g/mol. The zero-order valence-electron chi connectivity index (χ0n) is 12.4. The number of amides is 2. The first-order chi connectivity index (χ1) is 10.5. The lowest BCUT2D eigenvalue weighted by Gasteiger charge is -2.44. The van der Waals surface area contributed by atoms with Crippen molar-refractivity contribution in [3.63, 3.8) is 0 Å². The molecule has 0 unspecified atom stereocenters. The maximum Gasteiger partial charge on any atom is 0.250 e. The number of carbonyl (C=O) groups excluding carboxylic acids is 2. The Labute approximate surface area is 128 Å². The second-order valence-electron chi connectivity index (χ2n) is 5.47. The van der Waals surface area contributed by atoms with Gasteiger partial charge in [-0.25, -0.2) is 0 Å². The van der Waals surface area contributed by atoms with Crippen LogP contribution in [0.4, 0.5) is 5.69 Å². The summed E-state index contributed by atoms with van der Waals surface area (Å²) < 4.78 is 0. The lowest BCUT2D eigenvalue weighted by Crippen LogP contribution is -2.60.